The summed E-state index contributed by atoms with van der Waals surface area (Å²) in [5, 5.41) is 9.99. The molecule has 108 valence electrons. The zero-order valence-corrected chi connectivity index (χ0v) is 12.2. The summed E-state index contributed by atoms with van der Waals surface area (Å²) in [4.78, 5) is 24.0. The van der Waals surface area contributed by atoms with Crippen molar-refractivity contribution in [2.24, 2.45) is 0 Å². The van der Waals surface area contributed by atoms with Gasteiger partial charge in [0.1, 0.15) is 0 Å². The van der Waals surface area contributed by atoms with Crippen LogP contribution in [0.5, 0.6) is 0 Å². The standard InChI is InChI=1S/C15H17ClO4/c1-3-5-9-15(13(17)18,14(19)20-4-2)11-7-6-8-12(16)10-11/h3,5-8,10H,4,9H2,1-2H3,(H,17,18)/b5-3+. The second kappa shape index (κ2) is 7.10. The van der Waals surface area contributed by atoms with Crippen LogP contribution < -0.4 is 0 Å². The van der Waals surface area contributed by atoms with Gasteiger partial charge in [0.25, 0.3) is 0 Å². The molecule has 1 N–H and O–H groups in total. The number of carbonyl (C=O) groups excluding carboxylic acids is 1. The van der Waals surface area contributed by atoms with Crippen molar-refractivity contribution in [2.45, 2.75) is 25.7 Å². The van der Waals surface area contributed by atoms with Gasteiger partial charge in [0, 0.05) is 5.02 Å². The SMILES string of the molecule is C/C=C/CC(C(=O)O)(C(=O)OCC)c1cccc(Cl)c1. The fourth-order valence-electron chi connectivity index (χ4n) is 1.92. The molecule has 0 aliphatic rings. The number of esters is 1. The van der Waals surface area contributed by atoms with E-state index in [2.05, 4.69) is 0 Å². The highest BCUT2D eigenvalue weighted by Gasteiger charge is 2.48. The second-order valence-corrected chi connectivity index (χ2v) is 4.65. The quantitative estimate of drug-likeness (QED) is 0.497. The molecule has 0 saturated heterocycles. The van der Waals surface area contributed by atoms with E-state index in [9.17, 15) is 14.7 Å². The maximum absolute atomic E-state index is 12.2. The molecule has 1 atom stereocenters. The molecule has 0 aliphatic heterocycles. The summed E-state index contributed by atoms with van der Waals surface area (Å²) in [6.07, 6.45) is 3.34. The van der Waals surface area contributed by atoms with Crippen LogP contribution in [0.15, 0.2) is 36.4 Å². The summed E-state index contributed by atoms with van der Waals surface area (Å²) in [6, 6.07) is 6.29. The van der Waals surface area contributed by atoms with Gasteiger partial charge in [-0.2, -0.15) is 0 Å². The topological polar surface area (TPSA) is 63.6 Å². The summed E-state index contributed by atoms with van der Waals surface area (Å²) in [7, 11) is 0. The molecular formula is C15H17ClO4. The third kappa shape index (κ3) is 3.20. The van der Waals surface area contributed by atoms with E-state index >= 15 is 0 Å². The minimum atomic E-state index is -1.77. The maximum Gasteiger partial charge on any atom is 0.328 e. The Bertz CT molecular complexity index is 524. The normalized spacial score (nSPS) is 13.9. The van der Waals surface area contributed by atoms with Crippen molar-refractivity contribution in [2.75, 3.05) is 6.61 Å². The fraction of sp³-hybridized carbons (Fsp3) is 0.333. The van der Waals surface area contributed by atoms with Gasteiger partial charge >= 0.3 is 11.9 Å². The number of aliphatic carboxylic acids is 1. The van der Waals surface area contributed by atoms with Gasteiger partial charge < -0.3 is 9.84 Å². The Balaban J connectivity index is 3.43. The lowest BCUT2D eigenvalue weighted by atomic mass is 9.77. The number of carbonyl (C=O) groups is 2. The molecule has 1 aromatic rings. The third-order valence-electron chi connectivity index (χ3n) is 2.97. The van der Waals surface area contributed by atoms with Crippen LogP contribution in [0.25, 0.3) is 0 Å². The Hall–Kier alpha value is -1.81. The minimum Gasteiger partial charge on any atom is -0.480 e. The van der Waals surface area contributed by atoms with Crippen molar-refractivity contribution in [1.29, 1.82) is 0 Å². The molecule has 0 radical (unpaired) electrons. The van der Waals surface area contributed by atoms with Crippen molar-refractivity contribution in [3.63, 3.8) is 0 Å². The van der Waals surface area contributed by atoms with Gasteiger partial charge in [0.2, 0.25) is 0 Å². The Morgan fingerprint density at radius 2 is 2.15 bits per heavy atom. The molecular weight excluding hydrogens is 280 g/mol. The number of halogens is 1. The van der Waals surface area contributed by atoms with E-state index in [1.54, 1.807) is 44.2 Å². The molecule has 0 fully saturated rings. The molecule has 0 aliphatic carbocycles. The van der Waals surface area contributed by atoms with Gasteiger partial charge in [0.15, 0.2) is 5.41 Å². The van der Waals surface area contributed by atoms with Gasteiger partial charge in [-0.25, -0.2) is 0 Å². The van der Waals surface area contributed by atoms with E-state index < -0.39 is 17.4 Å². The molecule has 20 heavy (non-hydrogen) atoms. The predicted octanol–water partition coefficient (Wildman–Crippen LogP) is 3.19. The van der Waals surface area contributed by atoms with E-state index in [4.69, 9.17) is 16.3 Å². The largest absolute Gasteiger partial charge is 0.480 e. The van der Waals surface area contributed by atoms with Gasteiger partial charge in [0.05, 0.1) is 6.61 Å². The highest BCUT2D eigenvalue weighted by Crippen LogP contribution is 2.32. The number of carboxylic acids is 1. The molecule has 0 aromatic heterocycles. The first-order valence-electron chi connectivity index (χ1n) is 6.26. The third-order valence-corrected chi connectivity index (χ3v) is 3.20. The van der Waals surface area contributed by atoms with Gasteiger partial charge in [-0.3, -0.25) is 9.59 Å². The monoisotopic (exact) mass is 296 g/mol. The molecule has 0 saturated carbocycles. The zero-order chi connectivity index (χ0) is 15.2. The fourth-order valence-corrected chi connectivity index (χ4v) is 2.11. The van der Waals surface area contributed by atoms with Crippen LogP contribution in [0.1, 0.15) is 25.8 Å². The first-order chi connectivity index (χ1) is 9.48. The summed E-state index contributed by atoms with van der Waals surface area (Å²) in [6.45, 7) is 3.51. The van der Waals surface area contributed by atoms with Crippen molar-refractivity contribution in [3.8, 4) is 0 Å². The number of rotatable bonds is 6. The van der Waals surface area contributed by atoms with Gasteiger partial charge in [-0.1, -0.05) is 35.9 Å². The molecule has 0 heterocycles. The van der Waals surface area contributed by atoms with Crippen molar-refractivity contribution in [1.82, 2.24) is 0 Å². The lowest BCUT2D eigenvalue weighted by Gasteiger charge is -2.26. The van der Waals surface area contributed by atoms with E-state index in [-0.39, 0.29) is 13.0 Å². The maximum atomic E-state index is 12.2. The van der Waals surface area contributed by atoms with Gasteiger partial charge in [-0.15, -0.1) is 0 Å². The molecule has 0 amide bonds. The molecule has 0 spiro atoms. The predicted molar refractivity (Wildman–Crippen MR) is 76.8 cm³/mol. The Kier molecular flexibility index (Phi) is 5.77. The van der Waals surface area contributed by atoms with E-state index in [0.717, 1.165) is 0 Å². The smallest absolute Gasteiger partial charge is 0.328 e. The second-order valence-electron chi connectivity index (χ2n) is 4.21. The molecule has 4 nitrogen and oxygen atoms in total. The molecule has 1 unspecified atom stereocenters. The Morgan fingerprint density at radius 1 is 1.45 bits per heavy atom. The number of hydrogen-bond donors (Lipinski definition) is 1. The van der Waals surface area contributed by atoms with Crippen LogP contribution in [0.3, 0.4) is 0 Å². The highest BCUT2D eigenvalue weighted by molar-refractivity contribution is 6.30. The lowest BCUT2D eigenvalue weighted by Crippen LogP contribution is -2.44. The van der Waals surface area contributed by atoms with E-state index in [1.165, 1.54) is 6.07 Å². The average molecular weight is 297 g/mol. The van der Waals surface area contributed by atoms with Crippen molar-refractivity contribution in [3.05, 3.63) is 47.0 Å². The van der Waals surface area contributed by atoms with Crippen LogP contribution in [0.2, 0.25) is 5.02 Å². The van der Waals surface area contributed by atoms with Crippen molar-refractivity contribution < 1.29 is 19.4 Å². The van der Waals surface area contributed by atoms with Crippen LogP contribution in [0.4, 0.5) is 0 Å². The molecule has 1 aromatic carbocycles. The zero-order valence-electron chi connectivity index (χ0n) is 11.4. The first kappa shape index (κ1) is 16.2. The van der Waals surface area contributed by atoms with Crippen LogP contribution in [-0.4, -0.2) is 23.7 Å². The number of benzene rings is 1. The van der Waals surface area contributed by atoms with Crippen LogP contribution in [0, 0.1) is 0 Å². The average Bonchev–Trinajstić information content (AvgIpc) is 2.39. The van der Waals surface area contributed by atoms with E-state index in [0.29, 0.717) is 10.6 Å². The summed E-state index contributed by atoms with van der Waals surface area (Å²) in [5.41, 5.74) is -1.46. The lowest BCUT2D eigenvalue weighted by molar-refractivity contribution is -0.161. The molecule has 5 heteroatoms. The van der Waals surface area contributed by atoms with Gasteiger partial charge in [-0.05, 0) is 38.0 Å². The number of ether oxygens (including phenoxy) is 1. The number of carboxylic acid groups (broad SMARTS) is 1. The molecule has 1 rings (SSSR count). The Labute approximate surface area is 123 Å². The van der Waals surface area contributed by atoms with Crippen LogP contribution >= 0.6 is 11.6 Å². The van der Waals surface area contributed by atoms with Crippen molar-refractivity contribution >= 4 is 23.5 Å². The molecule has 0 bridgehead atoms. The minimum absolute atomic E-state index is 0.0119. The van der Waals surface area contributed by atoms with E-state index in [1.807, 2.05) is 0 Å². The first-order valence-corrected chi connectivity index (χ1v) is 6.64. The summed E-state index contributed by atoms with van der Waals surface area (Å²) >= 11 is 5.91. The Morgan fingerprint density at radius 3 is 2.65 bits per heavy atom. The number of hydrogen-bond acceptors (Lipinski definition) is 3. The number of allylic oxidation sites excluding steroid dienone is 2. The summed E-state index contributed by atoms with van der Waals surface area (Å²) < 4.78 is 4.96. The van der Waals surface area contributed by atoms with Crippen LogP contribution in [-0.2, 0) is 19.7 Å². The highest BCUT2D eigenvalue weighted by atomic mass is 35.5. The summed E-state index contributed by atoms with van der Waals surface area (Å²) in [5.74, 6) is -2.04.